The normalized spacial score (nSPS) is 30.7. The second kappa shape index (κ2) is 10.7. The minimum Gasteiger partial charge on any atom is -0.455 e. The largest absolute Gasteiger partial charge is 0.455 e. The van der Waals surface area contributed by atoms with E-state index < -0.39 is 48.9 Å². The van der Waals surface area contributed by atoms with Crippen molar-refractivity contribution in [1.82, 2.24) is 0 Å². The van der Waals surface area contributed by atoms with E-state index in [9.17, 15) is 9.59 Å². The molecule has 2 aliphatic heterocycles. The first-order chi connectivity index (χ1) is 14.5. The van der Waals surface area contributed by atoms with Gasteiger partial charge in [0.1, 0.15) is 12.2 Å². The van der Waals surface area contributed by atoms with E-state index in [1.54, 1.807) is 6.08 Å². The van der Waals surface area contributed by atoms with E-state index in [-0.39, 0.29) is 6.61 Å². The molecule has 1 unspecified atom stereocenters. The molecular weight excluding hydrogens is 392 g/mol. The molecule has 164 valence electrons. The number of hydrogen-bond donors (Lipinski definition) is 0. The van der Waals surface area contributed by atoms with E-state index >= 15 is 0 Å². The lowest BCUT2D eigenvalue weighted by molar-refractivity contribution is -0.362. The van der Waals surface area contributed by atoms with E-state index in [1.165, 1.54) is 13.8 Å². The molecule has 0 aromatic heterocycles. The fraction of sp³-hybridized carbons (Fsp3) is 0.545. The average Bonchev–Trinajstić information content (AvgIpc) is 2.73. The van der Waals surface area contributed by atoms with Crippen LogP contribution in [-0.4, -0.2) is 55.9 Å². The lowest BCUT2D eigenvalue weighted by atomic mass is 9.97. The minimum atomic E-state index is -0.967. The van der Waals surface area contributed by atoms with E-state index in [0.717, 1.165) is 18.4 Å². The summed E-state index contributed by atoms with van der Waals surface area (Å²) in [6, 6.07) is 9.41. The van der Waals surface area contributed by atoms with Gasteiger partial charge in [0.05, 0.1) is 13.2 Å². The number of carbonyl (C=O) groups excluding carboxylic acids is 2. The fourth-order valence-electron chi connectivity index (χ4n) is 3.53. The Bertz CT molecular complexity index is 721. The first-order valence-corrected chi connectivity index (χ1v) is 10.0. The SMILES string of the molecule is C=CCCCO[C@H]1O[C@@H]2COC(c3ccccc3)O[C@H]2[C@H](OC(C)=O)[C@@H]1OC(C)=O. The summed E-state index contributed by atoms with van der Waals surface area (Å²) in [6.07, 6.45) is -1.38. The van der Waals surface area contributed by atoms with Crippen LogP contribution < -0.4 is 0 Å². The molecule has 2 heterocycles. The van der Waals surface area contributed by atoms with Crippen LogP contribution in [0.5, 0.6) is 0 Å². The molecule has 1 aromatic carbocycles. The van der Waals surface area contributed by atoms with E-state index in [4.69, 9.17) is 28.4 Å². The first kappa shape index (κ1) is 22.4. The van der Waals surface area contributed by atoms with E-state index in [1.807, 2.05) is 30.3 Å². The Kier molecular flexibility index (Phi) is 7.98. The molecule has 0 N–H and O–H groups in total. The topological polar surface area (TPSA) is 89.5 Å². The Balaban J connectivity index is 1.81. The van der Waals surface area contributed by atoms with Gasteiger partial charge in [-0.3, -0.25) is 9.59 Å². The van der Waals surface area contributed by atoms with Crippen molar-refractivity contribution in [3.05, 3.63) is 48.6 Å². The maximum atomic E-state index is 11.8. The molecule has 30 heavy (non-hydrogen) atoms. The standard InChI is InChI=1S/C22H28O8/c1-4-5-9-12-25-22-20(28-15(3)24)19(27-14(2)23)18-17(29-22)13-26-21(30-18)16-10-7-6-8-11-16/h4,6-8,10-11,17-22H,1,5,9,12-13H2,2-3H3/t17-,18-,19+,20+,21?,22+/m1/s1. The molecule has 0 amide bonds. The molecule has 3 rings (SSSR count). The van der Waals surface area contributed by atoms with Gasteiger partial charge in [-0.2, -0.15) is 0 Å². The summed E-state index contributed by atoms with van der Waals surface area (Å²) in [6.45, 7) is 6.84. The second-order valence-corrected chi connectivity index (χ2v) is 7.17. The van der Waals surface area contributed by atoms with Crippen molar-refractivity contribution >= 4 is 11.9 Å². The number of ether oxygens (including phenoxy) is 6. The zero-order chi connectivity index (χ0) is 21.5. The van der Waals surface area contributed by atoms with Gasteiger partial charge in [-0.25, -0.2) is 0 Å². The lowest BCUT2D eigenvalue weighted by Crippen LogP contribution is -2.64. The van der Waals surface area contributed by atoms with E-state index in [0.29, 0.717) is 6.61 Å². The predicted octanol–water partition coefficient (Wildman–Crippen LogP) is 2.67. The van der Waals surface area contributed by atoms with Crippen LogP contribution in [0.15, 0.2) is 43.0 Å². The van der Waals surface area contributed by atoms with Crippen LogP contribution in [0.1, 0.15) is 38.5 Å². The highest BCUT2D eigenvalue weighted by Gasteiger charge is 2.53. The molecule has 2 saturated heterocycles. The van der Waals surface area contributed by atoms with Crippen molar-refractivity contribution in [2.24, 2.45) is 0 Å². The van der Waals surface area contributed by atoms with Crippen LogP contribution >= 0.6 is 0 Å². The molecule has 0 aliphatic carbocycles. The number of carbonyl (C=O) groups is 2. The Morgan fingerprint density at radius 3 is 2.47 bits per heavy atom. The van der Waals surface area contributed by atoms with Gasteiger partial charge in [0.25, 0.3) is 0 Å². The second-order valence-electron chi connectivity index (χ2n) is 7.17. The zero-order valence-electron chi connectivity index (χ0n) is 17.2. The van der Waals surface area contributed by atoms with Gasteiger partial charge in [-0.15, -0.1) is 6.58 Å². The number of rotatable bonds is 8. The van der Waals surface area contributed by atoms with Crippen molar-refractivity contribution in [2.75, 3.05) is 13.2 Å². The number of unbranched alkanes of at least 4 members (excludes halogenated alkanes) is 1. The maximum absolute atomic E-state index is 11.8. The molecule has 0 saturated carbocycles. The number of hydrogen-bond acceptors (Lipinski definition) is 8. The van der Waals surface area contributed by atoms with Crippen molar-refractivity contribution in [1.29, 1.82) is 0 Å². The number of allylic oxidation sites excluding steroid dienone is 1. The van der Waals surface area contributed by atoms with Crippen LogP contribution in [0.3, 0.4) is 0 Å². The monoisotopic (exact) mass is 420 g/mol. The third-order valence-corrected chi connectivity index (χ3v) is 4.79. The third kappa shape index (κ3) is 5.66. The van der Waals surface area contributed by atoms with Gasteiger partial charge in [0.15, 0.2) is 24.8 Å². The van der Waals surface area contributed by atoms with Gasteiger partial charge in [0.2, 0.25) is 0 Å². The smallest absolute Gasteiger partial charge is 0.303 e. The average molecular weight is 420 g/mol. The van der Waals surface area contributed by atoms with Crippen LogP contribution in [-0.2, 0) is 38.0 Å². The van der Waals surface area contributed by atoms with Crippen molar-refractivity contribution in [2.45, 2.75) is 63.7 Å². The van der Waals surface area contributed by atoms with Gasteiger partial charge in [-0.05, 0) is 12.8 Å². The van der Waals surface area contributed by atoms with Gasteiger partial charge in [-0.1, -0.05) is 36.4 Å². The first-order valence-electron chi connectivity index (χ1n) is 10.0. The van der Waals surface area contributed by atoms with Gasteiger partial charge >= 0.3 is 11.9 Å². The van der Waals surface area contributed by atoms with Crippen LogP contribution in [0.25, 0.3) is 0 Å². The maximum Gasteiger partial charge on any atom is 0.303 e. The summed E-state index contributed by atoms with van der Waals surface area (Å²) >= 11 is 0. The molecule has 1 aromatic rings. The van der Waals surface area contributed by atoms with E-state index in [2.05, 4.69) is 6.58 Å². The Hall–Kier alpha value is -2.26. The predicted molar refractivity (Wildman–Crippen MR) is 105 cm³/mol. The van der Waals surface area contributed by atoms with Crippen LogP contribution in [0, 0.1) is 0 Å². The molecule has 8 nitrogen and oxygen atoms in total. The Morgan fingerprint density at radius 2 is 1.80 bits per heavy atom. The van der Waals surface area contributed by atoms with Gasteiger partial charge < -0.3 is 28.4 Å². The van der Waals surface area contributed by atoms with Crippen molar-refractivity contribution < 1.29 is 38.0 Å². The van der Waals surface area contributed by atoms with Crippen molar-refractivity contribution in [3.63, 3.8) is 0 Å². The highest BCUT2D eigenvalue weighted by atomic mass is 16.8. The number of esters is 2. The highest BCUT2D eigenvalue weighted by molar-refractivity contribution is 5.67. The molecular formula is C22H28O8. The molecule has 0 spiro atoms. The summed E-state index contributed by atoms with van der Waals surface area (Å²) in [7, 11) is 0. The molecule has 2 aliphatic rings. The molecule has 0 radical (unpaired) electrons. The highest BCUT2D eigenvalue weighted by Crippen LogP contribution is 2.36. The molecule has 8 heteroatoms. The van der Waals surface area contributed by atoms with Crippen LogP contribution in [0.4, 0.5) is 0 Å². The summed E-state index contributed by atoms with van der Waals surface area (Å²) in [5.41, 5.74) is 0.823. The number of benzene rings is 1. The summed E-state index contributed by atoms with van der Waals surface area (Å²) in [5.74, 6) is -1.06. The molecule has 0 bridgehead atoms. The third-order valence-electron chi connectivity index (χ3n) is 4.79. The fourth-order valence-corrected chi connectivity index (χ4v) is 3.53. The minimum absolute atomic E-state index is 0.210. The molecule has 2 fully saturated rings. The van der Waals surface area contributed by atoms with Gasteiger partial charge in [0, 0.05) is 19.4 Å². The van der Waals surface area contributed by atoms with Crippen molar-refractivity contribution in [3.8, 4) is 0 Å². The van der Waals surface area contributed by atoms with Crippen LogP contribution in [0.2, 0.25) is 0 Å². The zero-order valence-corrected chi connectivity index (χ0v) is 17.2. The number of fused-ring (bicyclic) bond motifs is 1. The molecule has 6 atom stereocenters. The Labute approximate surface area is 176 Å². The lowest BCUT2D eigenvalue weighted by Gasteiger charge is -2.48. The summed E-state index contributed by atoms with van der Waals surface area (Å²) in [4.78, 5) is 23.6. The summed E-state index contributed by atoms with van der Waals surface area (Å²) in [5, 5.41) is 0. The summed E-state index contributed by atoms with van der Waals surface area (Å²) < 4.78 is 34.8. The Morgan fingerprint density at radius 1 is 1.10 bits per heavy atom. The quantitative estimate of drug-likeness (QED) is 0.360.